The van der Waals surface area contributed by atoms with E-state index in [1.165, 1.54) is 12.1 Å². The number of hydrogen-bond acceptors (Lipinski definition) is 3. The van der Waals surface area contributed by atoms with Crippen LogP contribution in [0.2, 0.25) is 0 Å². The minimum Gasteiger partial charge on any atom is -0.331 e. The van der Waals surface area contributed by atoms with Gasteiger partial charge in [-0.1, -0.05) is 24.3 Å². The fourth-order valence-corrected chi connectivity index (χ4v) is 2.63. The molecule has 0 spiro atoms. The molecule has 0 aliphatic rings. The zero-order valence-corrected chi connectivity index (χ0v) is 13.7. The van der Waals surface area contributed by atoms with Crippen molar-refractivity contribution in [3.05, 3.63) is 59.7 Å². The van der Waals surface area contributed by atoms with Gasteiger partial charge in [-0.05, 0) is 49.2 Å². The van der Waals surface area contributed by atoms with Crippen molar-refractivity contribution in [3.63, 3.8) is 0 Å². The highest BCUT2D eigenvalue weighted by atomic mass is 32.2. The van der Waals surface area contributed by atoms with Crippen LogP contribution in [0.15, 0.2) is 53.4 Å². The Balaban J connectivity index is 2.01. The van der Waals surface area contributed by atoms with E-state index in [0.29, 0.717) is 5.69 Å². The van der Waals surface area contributed by atoms with Crippen LogP contribution >= 0.6 is 0 Å². The average Bonchev–Trinajstić information content (AvgIpc) is 2.46. The van der Waals surface area contributed by atoms with Gasteiger partial charge in [0.25, 0.3) is 0 Å². The zero-order valence-electron chi connectivity index (χ0n) is 12.9. The summed E-state index contributed by atoms with van der Waals surface area (Å²) in [7, 11) is -3.71. The predicted octanol–water partition coefficient (Wildman–Crippen LogP) is 2.53. The van der Waals surface area contributed by atoms with E-state index < -0.39 is 10.0 Å². The van der Waals surface area contributed by atoms with Gasteiger partial charge in [-0.3, -0.25) is 0 Å². The fourth-order valence-electron chi connectivity index (χ4n) is 2.12. The number of urea groups is 1. The summed E-state index contributed by atoms with van der Waals surface area (Å²) in [6.07, 6.45) is 0. The maximum absolute atomic E-state index is 12.0. The Kier molecular flexibility index (Phi) is 5.02. The molecule has 0 bridgehead atoms. The maximum atomic E-state index is 12.0. The molecule has 122 valence electrons. The highest BCUT2D eigenvalue weighted by molar-refractivity contribution is 7.89. The molecular formula is C16H19N3O3S. The van der Waals surface area contributed by atoms with E-state index in [1.54, 1.807) is 18.2 Å². The molecule has 0 aliphatic heterocycles. The molecule has 0 saturated heterocycles. The van der Waals surface area contributed by atoms with Crippen LogP contribution in [0.1, 0.15) is 24.1 Å². The van der Waals surface area contributed by atoms with Crippen LogP contribution in [0.25, 0.3) is 0 Å². The Morgan fingerprint density at radius 3 is 2.35 bits per heavy atom. The number of benzene rings is 2. The van der Waals surface area contributed by atoms with Crippen molar-refractivity contribution in [3.8, 4) is 0 Å². The van der Waals surface area contributed by atoms with Crippen LogP contribution in [-0.4, -0.2) is 14.4 Å². The summed E-state index contributed by atoms with van der Waals surface area (Å²) in [5, 5.41) is 10.6. The normalized spacial score (nSPS) is 12.5. The number of anilines is 1. The number of sulfonamides is 1. The number of aryl methyl sites for hydroxylation is 1. The molecule has 1 unspecified atom stereocenters. The lowest BCUT2D eigenvalue weighted by molar-refractivity contribution is 0.249. The lowest BCUT2D eigenvalue weighted by atomic mass is 10.1. The first kappa shape index (κ1) is 17.0. The summed E-state index contributed by atoms with van der Waals surface area (Å²) in [5.74, 6) is 0. The first-order valence-corrected chi connectivity index (χ1v) is 8.57. The Hall–Kier alpha value is -2.38. The van der Waals surface area contributed by atoms with Gasteiger partial charge in [-0.25, -0.2) is 18.4 Å². The number of hydrogen-bond donors (Lipinski definition) is 3. The Labute approximate surface area is 135 Å². The third kappa shape index (κ3) is 4.80. The number of primary sulfonamides is 1. The number of amides is 2. The van der Waals surface area contributed by atoms with Crippen LogP contribution in [0.3, 0.4) is 0 Å². The molecule has 6 nitrogen and oxygen atoms in total. The third-order valence-corrected chi connectivity index (χ3v) is 4.26. The van der Waals surface area contributed by atoms with Crippen LogP contribution in [0, 0.1) is 6.92 Å². The number of carbonyl (C=O) groups excluding carboxylic acids is 1. The first-order valence-electron chi connectivity index (χ1n) is 7.02. The molecule has 0 saturated carbocycles. The van der Waals surface area contributed by atoms with Crippen molar-refractivity contribution >= 4 is 21.7 Å². The van der Waals surface area contributed by atoms with Gasteiger partial charge in [0.2, 0.25) is 10.0 Å². The largest absolute Gasteiger partial charge is 0.331 e. The van der Waals surface area contributed by atoms with Crippen LogP contribution in [0.5, 0.6) is 0 Å². The van der Waals surface area contributed by atoms with Gasteiger partial charge in [0.15, 0.2) is 0 Å². The second-order valence-corrected chi connectivity index (χ2v) is 6.87. The maximum Gasteiger partial charge on any atom is 0.319 e. The van der Waals surface area contributed by atoms with E-state index in [4.69, 9.17) is 5.14 Å². The molecule has 0 aromatic heterocycles. The molecule has 23 heavy (non-hydrogen) atoms. The number of rotatable bonds is 4. The smallest absolute Gasteiger partial charge is 0.319 e. The molecule has 0 fully saturated rings. The molecule has 2 rings (SSSR count). The van der Waals surface area contributed by atoms with Crippen molar-refractivity contribution in [2.24, 2.45) is 5.14 Å². The topological polar surface area (TPSA) is 101 Å². The molecule has 2 aromatic rings. The minimum atomic E-state index is -3.71. The molecule has 1 atom stereocenters. The van der Waals surface area contributed by atoms with E-state index in [1.807, 2.05) is 32.0 Å². The van der Waals surface area contributed by atoms with E-state index >= 15 is 0 Å². The number of carbonyl (C=O) groups is 1. The van der Waals surface area contributed by atoms with E-state index in [-0.39, 0.29) is 17.0 Å². The summed E-state index contributed by atoms with van der Waals surface area (Å²) >= 11 is 0. The van der Waals surface area contributed by atoms with Gasteiger partial charge in [-0.2, -0.15) is 0 Å². The van der Waals surface area contributed by atoms with E-state index in [2.05, 4.69) is 10.6 Å². The molecule has 0 aliphatic carbocycles. The van der Waals surface area contributed by atoms with Gasteiger partial charge in [0.05, 0.1) is 10.9 Å². The molecule has 7 heteroatoms. The van der Waals surface area contributed by atoms with Crippen LogP contribution < -0.4 is 15.8 Å². The molecule has 2 aromatic carbocycles. The minimum absolute atomic E-state index is 0.0395. The van der Waals surface area contributed by atoms with Crippen LogP contribution in [-0.2, 0) is 10.0 Å². The fraction of sp³-hybridized carbons (Fsp3) is 0.188. The van der Waals surface area contributed by atoms with Crippen molar-refractivity contribution in [2.45, 2.75) is 24.8 Å². The van der Waals surface area contributed by atoms with Crippen LogP contribution in [0.4, 0.5) is 10.5 Å². The highest BCUT2D eigenvalue weighted by Crippen LogP contribution is 2.16. The first-order chi connectivity index (χ1) is 10.8. The monoisotopic (exact) mass is 333 g/mol. The second-order valence-electron chi connectivity index (χ2n) is 5.30. The quantitative estimate of drug-likeness (QED) is 0.801. The average molecular weight is 333 g/mol. The third-order valence-electron chi connectivity index (χ3n) is 3.33. The van der Waals surface area contributed by atoms with Gasteiger partial charge < -0.3 is 10.6 Å². The Morgan fingerprint density at radius 1 is 1.13 bits per heavy atom. The Bertz CT molecular complexity index is 802. The van der Waals surface area contributed by atoms with Crippen molar-refractivity contribution in [1.29, 1.82) is 0 Å². The second kappa shape index (κ2) is 6.80. The summed E-state index contributed by atoms with van der Waals surface area (Å²) in [6.45, 7) is 3.75. The summed E-state index contributed by atoms with van der Waals surface area (Å²) in [5.41, 5.74) is 2.53. The summed E-state index contributed by atoms with van der Waals surface area (Å²) in [6, 6.07) is 12.9. The van der Waals surface area contributed by atoms with Gasteiger partial charge in [0.1, 0.15) is 0 Å². The van der Waals surface area contributed by atoms with E-state index in [9.17, 15) is 13.2 Å². The van der Waals surface area contributed by atoms with Crippen molar-refractivity contribution in [2.75, 3.05) is 5.32 Å². The zero-order chi connectivity index (χ0) is 17.0. The summed E-state index contributed by atoms with van der Waals surface area (Å²) < 4.78 is 22.4. The summed E-state index contributed by atoms with van der Waals surface area (Å²) in [4.78, 5) is 12.0. The lowest BCUT2D eigenvalue weighted by Crippen LogP contribution is -2.31. The molecule has 0 radical (unpaired) electrons. The highest BCUT2D eigenvalue weighted by Gasteiger charge is 2.12. The predicted molar refractivity (Wildman–Crippen MR) is 89.6 cm³/mol. The van der Waals surface area contributed by atoms with E-state index in [0.717, 1.165) is 11.1 Å². The number of nitrogens with one attached hydrogen (secondary N) is 2. The lowest BCUT2D eigenvalue weighted by Gasteiger charge is -2.15. The molecule has 0 heterocycles. The molecule has 2 amide bonds. The van der Waals surface area contributed by atoms with Gasteiger partial charge >= 0.3 is 6.03 Å². The van der Waals surface area contributed by atoms with Gasteiger partial charge in [-0.15, -0.1) is 0 Å². The number of nitrogens with two attached hydrogens (primary N) is 1. The molecular weight excluding hydrogens is 314 g/mol. The SMILES string of the molecule is Cc1cccc(NC(=O)NC(C)c2ccc(S(N)(=O)=O)cc2)c1. The molecule has 4 N–H and O–H groups in total. The van der Waals surface area contributed by atoms with Crippen molar-refractivity contribution < 1.29 is 13.2 Å². The standard InChI is InChI=1S/C16H19N3O3S/c1-11-4-3-5-14(10-11)19-16(20)18-12(2)13-6-8-15(9-7-13)23(17,21)22/h3-10,12H,1-2H3,(H2,17,21,22)(H2,18,19,20). The van der Waals surface area contributed by atoms with Gasteiger partial charge in [0, 0.05) is 5.69 Å². The van der Waals surface area contributed by atoms with Crippen molar-refractivity contribution in [1.82, 2.24) is 5.32 Å². The Morgan fingerprint density at radius 2 is 1.78 bits per heavy atom.